The molecule has 1 aliphatic rings. The Morgan fingerprint density at radius 1 is 1.23 bits per heavy atom. The van der Waals surface area contributed by atoms with Gasteiger partial charge < -0.3 is 5.32 Å². The van der Waals surface area contributed by atoms with Crippen molar-refractivity contribution < 1.29 is 9.59 Å². The Morgan fingerprint density at radius 2 is 1.92 bits per heavy atom. The maximum absolute atomic E-state index is 12.5. The molecule has 2 aromatic carbocycles. The summed E-state index contributed by atoms with van der Waals surface area (Å²) in [4.78, 5) is 29.0. The second kappa shape index (κ2) is 7.49. The molecule has 3 rings (SSSR count). The zero-order chi connectivity index (χ0) is 18.5. The average molecular weight is 347 g/mol. The molecule has 0 unspecified atom stereocenters. The number of aliphatic imine (C=N–C) groups is 1. The quantitative estimate of drug-likeness (QED) is 0.884. The number of benzene rings is 2. The topological polar surface area (TPSA) is 97.6 Å². The lowest BCUT2D eigenvalue weighted by Gasteiger charge is -2.30. The van der Waals surface area contributed by atoms with E-state index in [-0.39, 0.29) is 11.7 Å². The molecule has 1 atom stereocenters. The highest BCUT2D eigenvalue weighted by Gasteiger charge is 2.30. The van der Waals surface area contributed by atoms with Crippen LogP contribution >= 0.6 is 0 Å². The van der Waals surface area contributed by atoms with Crippen molar-refractivity contribution in [2.24, 2.45) is 4.99 Å². The van der Waals surface area contributed by atoms with Crippen molar-refractivity contribution in [2.75, 3.05) is 10.3 Å². The van der Waals surface area contributed by atoms with Crippen LogP contribution in [-0.2, 0) is 16.0 Å². The fourth-order valence-corrected chi connectivity index (χ4v) is 2.49. The molecule has 0 spiro atoms. The van der Waals surface area contributed by atoms with E-state index < -0.39 is 11.9 Å². The number of para-hydroxylation sites is 1. The highest BCUT2D eigenvalue weighted by molar-refractivity contribution is 6.43. The molecular formula is C19H17N5O2. The molecule has 0 saturated carbocycles. The Kier molecular flexibility index (Phi) is 4.94. The number of anilines is 2. The summed E-state index contributed by atoms with van der Waals surface area (Å²) in [5.41, 5.74) is 4.86. The number of amides is 2. The van der Waals surface area contributed by atoms with Crippen molar-refractivity contribution in [1.82, 2.24) is 5.43 Å². The molecule has 7 heteroatoms. The van der Waals surface area contributed by atoms with Crippen molar-refractivity contribution in [1.29, 1.82) is 5.26 Å². The van der Waals surface area contributed by atoms with Crippen LogP contribution in [0.25, 0.3) is 0 Å². The average Bonchev–Trinajstić information content (AvgIpc) is 2.66. The first-order chi connectivity index (χ1) is 12.6. The Bertz CT molecular complexity index is 884. The molecule has 26 heavy (non-hydrogen) atoms. The van der Waals surface area contributed by atoms with Crippen molar-refractivity contribution >= 4 is 29.0 Å². The molecule has 2 aromatic rings. The molecular weight excluding hydrogens is 330 g/mol. The number of rotatable bonds is 4. The van der Waals surface area contributed by atoms with Crippen LogP contribution in [-0.4, -0.2) is 23.7 Å². The van der Waals surface area contributed by atoms with Gasteiger partial charge in [-0.3, -0.25) is 15.0 Å². The van der Waals surface area contributed by atoms with Gasteiger partial charge in [-0.15, -0.1) is 0 Å². The zero-order valence-electron chi connectivity index (χ0n) is 14.1. The molecule has 0 radical (unpaired) electrons. The Balaban J connectivity index is 1.75. The van der Waals surface area contributed by atoms with Gasteiger partial charge in [0.25, 0.3) is 11.8 Å². The summed E-state index contributed by atoms with van der Waals surface area (Å²) < 4.78 is 0. The SMILES string of the molecule is C[C@H]1N=C(C(=O)Nc2ccc(CC#N)cc2)NN(c2ccccc2)C1=O. The minimum Gasteiger partial charge on any atom is -0.319 e. The van der Waals surface area contributed by atoms with Gasteiger partial charge in [-0.05, 0) is 36.8 Å². The van der Waals surface area contributed by atoms with Gasteiger partial charge in [-0.2, -0.15) is 5.26 Å². The first-order valence-electron chi connectivity index (χ1n) is 8.09. The summed E-state index contributed by atoms with van der Waals surface area (Å²) in [5, 5.41) is 12.8. The lowest BCUT2D eigenvalue weighted by atomic mass is 10.1. The molecule has 2 N–H and O–H groups in total. The van der Waals surface area contributed by atoms with Gasteiger partial charge in [0.1, 0.15) is 6.04 Å². The minimum atomic E-state index is -0.671. The number of hydrogen-bond donors (Lipinski definition) is 2. The fraction of sp³-hybridized carbons (Fsp3) is 0.158. The number of amidine groups is 1. The lowest BCUT2D eigenvalue weighted by Crippen LogP contribution is -2.57. The van der Waals surface area contributed by atoms with E-state index in [1.165, 1.54) is 5.01 Å². The van der Waals surface area contributed by atoms with Gasteiger partial charge in [0.05, 0.1) is 18.2 Å². The molecule has 7 nitrogen and oxygen atoms in total. The number of nitrogens with zero attached hydrogens (tertiary/aromatic N) is 3. The fourth-order valence-electron chi connectivity index (χ4n) is 2.49. The summed E-state index contributed by atoms with van der Waals surface area (Å²) in [6, 6.07) is 17.4. The van der Waals surface area contributed by atoms with Crippen LogP contribution < -0.4 is 15.8 Å². The van der Waals surface area contributed by atoms with Crippen LogP contribution in [0.5, 0.6) is 0 Å². The minimum absolute atomic E-state index is 0.0575. The third-order valence-electron chi connectivity index (χ3n) is 3.84. The number of carbonyl (C=O) groups excluding carboxylic acids is 2. The van der Waals surface area contributed by atoms with E-state index in [4.69, 9.17) is 5.26 Å². The molecule has 130 valence electrons. The first-order valence-corrected chi connectivity index (χ1v) is 8.09. The normalized spacial score (nSPS) is 16.3. The van der Waals surface area contributed by atoms with Crippen LogP contribution in [0.1, 0.15) is 12.5 Å². The highest BCUT2D eigenvalue weighted by Crippen LogP contribution is 2.16. The maximum atomic E-state index is 12.5. The third kappa shape index (κ3) is 3.70. The Labute approximate surface area is 150 Å². The Morgan fingerprint density at radius 3 is 2.58 bits per heavy atom. The van der Waals surface area contributed by atoms with Crippen LogP contribution in [0.3, 0.4) is 0 Å². The molecule has 0 saturated heterocycles. The Hall–Kier alpha value is -3.66. The van der Waals surface area contributed by atoms with Crippen LogP contribution in [0.15, 0.2) is 59.6 Å². The molecule has 0 fully saturated rings. The van der Waals surface area contributed by atoms with E-state index in [9.17, 15) is 9.59 Å². The summed E-state index contributed by atoms with van der Waals surface area (Å²) in [6.07, 6.45) is 0.314. The van der Waals surface area contributed by atoms with Gasteiger partial charge in [-0.1, -0.05) is 30.3 Å². The van der Waals surface area contributed by atoms with E-state index in [1.807, 2.05) is 18.2 Å². The van der Waals surface area contributed by atoms with Gasteiger partial charge in [0, 0.05) is 5.69 Å². The van der Waals surface area contributed by atoms with Crippen molar-refractivity contribution in [3.63, 3.8) is 0 Å². The maximum Gasteiger partial charge on any atom is 0.292 e. The first kappa shape index (κ1) is 17.2. The number of nitrogens with one attached hydrogen (secondary N) is 2. The van der Waals surface area contributed by atoms with Gasteiger partial charge >= 0.3 is 0 Å². The summed E-state index contributed by atoms with van der Waals surface area (Å²) in [7, 11) is 0. The molecule has 1 aliphatic heterocycles. The van der Waals surface area contributed by atoms with Crippen LogP contribution in [0, 0.1) is 11.3 Å². The molecule has 0 aromatic heterocycles. The monoisotopic (exact) mass is 347 g/mol. The van der Waals surface area contributed by atoms with E-state index in [0.717, 1.165) is 5.56 Å². The third-order valence-corrected chi connectivity index (χ3v) is 3.84. The van der Waals surface area contributed by atoms with Crippen LogP contribution in [0.4, 0.5) is 11.4 Å². The second-order valence-corrected chi connectivity index (χ2v) is 5.76. The zero-order valence-corrected chi connectivity index (χ0v) is 14.1. The summed E-state index contributed by atoms with van der Waals surface area (Å²) >= 11 is 0. The number of hydrogen-bond acceptors (Lipinski definition) is 5. The molecule has 2 amide bonds. The van der Waals surface area contributed by atoms with Gasteiger partial charge in [-0.25, -0.2) is 10.0 Å². The van der Waals surface area contributed by atoms with Crippen molar-refractivity contribution in [3.05, 3.63) is 60.2 Å². The van der Waals surface area contributed by atoms with Gasteiger partial charge in [0.15, 0.2) is 0 Å². The van der Waals surface area contributed by atoms with E-state index in [0.29, 0.717) is 17.8 Å². The van der Waals surface area contributed by atoms with Crippen molar-refractivity contribution in [3.8, 4) is 6.07 Å². The van der Waals surface area contributed by atoms with Crippen LogP contribution in [0.2, 0.25) is 0 Å². The highest BCUT2D eigenvalue weighted by atomic mass is 16.2. The molecule has 1 heterocycles. The van der Waals surface area contributed by atoms with Crippen molar-refractivity contribution in [2.45, 2.75) is 19.4 Å². The predicted octanol–water partition coefficient (Wildman–Crippen LogP) is 2.03. The summed E-state index contributed by atoms with van der Waals surface area (Å²) in [5.74, 6) is -0.631. The summed E-state index contributed by atoms with van der Waals surface area (Å²) in [6.45, 7) is 1.64. The van der Waals surface area contributed by atoms with E-state index in [2.05, 4.69) is 21.8 Å². The number of nitriles is 1. The number of hydrazine groups is 1. The lowest BCUT2D eigenvalue weighted by molar-refractivity contribution is -0.120. The van der Waals surface area contributed by atoms with Gasteiger partial charge in [0.2, 0.25) is 5.84 Å². The number of carbonyl (C=O) groups is 2. The van der Waals surface area contributed by atoms with E-state index >= 15 is 0 Å². The van der Waals surface area contributed by atoms with E-state index in [1.54, 1.807) is 43.3 Å². The largest absolute Gasteiger partial charge is 0.319 e. The second-order valence-electron chi connectivity index (χ2n) is 5.76. The smallest absolute Gasteiger partial charge is 0.292 e. The molecule has 0 bridgehead atoms. The predicted molar refractivity (Wildman–Crippen MR) is 98.3 cm³/mol. The standard InChI is InChI=1S/C19H17N5O2/c1-13-19(26)24(16-5-3-2-4-6-16)23-17(21-13)18(25)22-15-9-7-14(8-10-15)11-12-20/h2-10,13H,11H2,1H3,(H,21,23)(H,22,25)/t13-/m1/s1. The molecule has 0 aliphatic carbocycles.